The van der Waals surface area contributed by atoms with Gasteiger partial charge in [-0.05, 0) is 62.5 Å². The maximum atomic E-state index is 7.88. The first-order valence-corrected chi connectivity index (χ1v) is 10.7. The van der Waals surface area contributed by atoms with E-state index in [-0.39, 0.29) is 22.3 Å². The van der Waals surface area contributed by atoms with E-state index in [1.165, 1.54) is 0 Å². The van der Waals surface area contributed by atoms with E-state index in [1.54, 1.807) is 97.1 Å². The van der Waals surface area contributed by atoms with E-state index in [2.05, 4.69) is 0 Å². The molecule has 1 aliphatic rings. The predicted octanol–water partition coefficient (Wildman–Crippen LogP) is 7.99. The van der Waals surface area contributed by atoms with Crippen molar-refractivity contribution in [2.45, 2.75) is 51.1 Å². The van der Waals surface area contributed by atoms with Crippen LogP contribution >= 0.6 is 0 Å². The van der Waals surface area contributed by atoms with Crippen LogP contribution in [0.2, 0.25) is 0 Å². The number of benzene rings is 4. The van der Waals surface area contributed by atoms with Crippen LogP contribution in [-0.2, 0) is 10.8 Å². The SMILES string of the molecule is [2H]C([2H])([2H])c1ccc(C2(c3ccc(C([2H])([2H])[2H])cc3)CCC2(c2ccc(C([2H])([2H])[2H])cc2)c2ccc(C([2H])([2H])[2H])cc2)cc1. The molecular weight excluding hydrogens is 384 g/mol. The molecule has 1 fully saturated rings. The topological polar surface area (TPSA) is 0 Å². The number of hydrogen-bond acceptors (Lipinski definition) is 0. The van der Waals surface area contributed by atoms with Gasteiger partial charge >= 0.3 is 0 Å². The Hall–Kier alpha value is -3.12. The first kappa shape index (κ1) is 11.1. The minimum absolute atomic E-state index is 0.183. The molecule has 0 amide bonds. The third-order valence-electron chi connectivity index (χ3n) is 7.11. The van der Waals surface area contributed by atoms with Crippen molar-refractivity contribution in [1.29, 1.82) is 0 Å². The van der Waals surface area contributed by atoms with E-state index in [0.717, 1.165) is 22.3 Å². The summed E-state index contributed by atoms with van der Waals surface area (Å²) in [6.07, 6.45) is 1.21. The molecule has 0 nitrogen and oxygen atoms in total. The van der Waals surface area contributed by atoms with Gasteiger partial charge in [-0.2, -0.15) is 0 Å². The highest BCUT2D eigenvalue weighted by atomic mass is 14.6. The standard InChI is InChI=1S/C32H32/c1-23-5-13-27(14-6-23)31(28-15-7-24(2)8-16-28)21-22-32(31,29-17-9-25(3)10-18-29)30-19-11-26(4)12-20-30/h5-20H,21-22H2,1-4H3/i1D3,2D3,3D3,4D3. The van der Waals surface area contributed by atoms with E-state index in [9.17, 15) is 0 Å². The fraction of sp³-hybridized carbons (Fsp3) is 0.250. The Morgan fingerprint density at radius 3 is 0.781 bits per heavy atom. The van der Waals surface area contributed by atoms with E-state index >= 15 is 0 Å². The van der Waals surface area contributed by atoms with Crippen molar-refractivity contribution in [3.05, 3.63) is 142 Å². The minimum Gasteiger partial charge on any atom is -0.0590 e. The van der Waals surface area contributed by atoms with Crippen LogP contribution in [0.15, 0.2) is 97.1 Å². The van der Waals surface area contributed by atoms with Crippen LogP contribution < -0.4 is 0 Å². The first-order valence-electron chi connectivity index (χ1n) is 16.7. The quantitative estimate of drug-likeness (QED) is 0.309. The third-order valence-corrected chi connectivity index (χ3v) is 7.11. The zero-order valence-electron chi connectivity index (χ0n) is 29.7. The Morgan fingerprint density at radius 2 is 0.625 bits per heavy atom. The molecule has 32 heavy (non-hydrogen) atoms. The second kappa shape index (κ2) is 7.78. The van der Waals surface area contributed by atoms with Gasteiger partial charge in [0, 0.05) is 27.3 Å². The molecule has 1 aliphatic carbocycles. The average Bonchev–Trinajstić information content (AvgIpc) is 2.92. The summed E-state index contributed by atoms with van der Waals surface area (Å²) >= 11 is 0. The number of hydrogen-bond donors (Lipinski definition) is 0. The van der Waals surface area contributed by atoms with E-state index in [4.69, 9.17) is 16.4 Å². The van der Waals surface area contributed by atoms with Gasteiger partial charge in [-0.1, -0.05) is 119 Å². The molecular formula is C32H32. The van der Waals surface area contributed by atoms with Gasteiger partial charge in [0.25, 0.3) is 0 Å². The first-order chi connectivity index (χ1) is 20.3. The van der Waals surface area contributed by atoms with Gasteiger partial charge in [0.1, 0.15) is 0 Å². The number of aryl methyl sites for hydroxylation is 4. The van der Waals surface area contributed by atoms with Gasteiger partial charge in [0.05, 0.1) is 0 Å². The molecule has 0 unspecified atom stereocenters. The van der Waals surface area contributed by atoms with Gasteiger partial charge in [-0.25, -0.2) is 0 Å². The van der Waals surface area contributed by atoms with Gasteiger partial charge in [-0.3, -0.25) is 0 Å². The van der Waals surface area contributed by atoms with Gasteiger partial charge in [0.2, 0.25) is 0 Å². The summed E-state index contributed by atoms with van der Waals surface area (Å²) in [7, 11) is 0. The molecule has 0 N–H and O–H groups in total. The maximum Gasteiger partial charge on any atom is 0.0340 e. The maximum absolute atomic E-state index is 7.88. The molecule has 0 aliphatic heterocycles. The molecule has 0 aromatic heterocycles. The highest BCUT2D eigenvalue weighted by Crippen LogP contribution is 2.65. The van der Waals surface area contributed by atoms with Crippen LogP contribution in [0.5, 0.6) is 0 Å². The summed E-state index contributed by atoms with van der Waals surface area (Å²) < 4.78 is 94.6. The predicted molar refractivity (Wildman–Crippen MR) is 136 cm³/mol. The van der Waals surface area contributed by atoms with Crippen molar-refractivity contribution in [3.8, 4) is 0 Å². The van der Waals surface area contributed by atoms with E-state index in [1.807, 2.05) is 0 Å². The summed E-state index contributed by atoms with van der Waals surface area (Å²) in [6.45, 7) is -9.22. The van der Waals surface area contributed by atoms with Gasteiger partial charge in [0.15, 0.2) is 0 Å². The molecule has 0 heterocycles. The van der Waals surface area contributed by atoms with E-state index in [0.29, 0.717) is 12.8 Å². The van der Waals surface area contributed by atoms with Crippen molar-refractivity contribution < 1.29 is 16.4 Å². The van der Waals surface area contributed by atoms with Crippen molar-refractivity contribution >= 4 is 0 Å². The third kappa shape index (κ3) is 3.05. The Bertz CT molecular complexity index is 1360. The molecule has 0 atom stereocenters. The lowest BCUT2D eigenvalue weighted by Crippen LogP contribution is -2.59. The lowest BCUT2D eigenvalue weighted by Gasteiger charge is -2.61. The van der Waals surface area contributed by atoms with Gasteiger partial charge < -0.3 is 0 Å². The minimum atomic E-state index is -2.31. The second-order valence-electron chi connectivity index (χ2n) is 8.62. The summed E-state index contributed by atoms with van der Waals surface area (Å²) in [6, 6.07) is 27.0. The average molecular weight is 429 g/mol. The molecule has 0 saturated heterocycles. The molecule has 0 spiro atoms. The fourth-order valence-corrected chi connectivity index (χ4v) is 5.54. The van der Waals surface area contributed by atoms with Crippen LogP contribution in [0.4, 0.5) is 0 Å². The van der Waals surface area contributed by atoms with E-state index < -0.39 is 38.2 Å². The highest BCUT2D eigenvalue weighted by Gasteiger charge is 2.62. The normalized spacial score (nSPS) is 23.5. The lowest BCUT2D eigenvalue weighted by atomic mass is 9.40. The van der Waals surface area contributed by atoms with Crippen LogP contribution in [0.1, 0.15) is 73.8 Å². The van der Waals surface area contributed by atoms with Crippen LogP contribution in [0.3, 0.4) is 0 Å². The fourth-order valence-electron chi connectivity index (χ4n) is 5.54. The van der Waals surface area contributed by atoms with Gasteiger partial charge in [-0.15, -0.1) is 0 Å². The van der Waals surface area contributed by atoms with Crippen LogP contribution in [0, 0.1) is 27.4 Å². The van der Waals surface area contributed by atoms with Crippen LogP contribution in [0.25, 0.3) is 0 Å². The summed E-state index contributed by atoms with van der Waals surface area (Å²) in [5.74, 6) is 0. The largest absolute Gasteiger partial charge is 0.0590 e. The molecule has 0 heteroatoms. The molecule has 0 bridgehead atoms. The smallest absolute Gasteiger partial charge is 0.0340 e. The van der Waals surface area contributed by atoms with Crippen molar-refractivity contribution in [3.63, 3.8) is 0 Å². The summed E-state index contributed by atoms with van der Waals surface area (Å²) in [4.78, 5) is 0. The number of rotatable bonds is 4. The Balaban J connectivity index is 1.81. The zero-order chi connectivity index (χ0) is 32.3. The lowest BCUT2D eigenvalue weighted by molar-refractivity contribution is 0.151. The molecule has 0 radical (unpaired) electrons. The summed E-state index contributed by atoms with van der Waals surface area (Å²) in [5.41, 5.74) is 2.28. The van der Waals surface area contributed by atoms with Crippen molar-refractivity contribution in [2.75, 3.05) is 0 Å². The zero-order valence-corrected chi connectivity index (χ0v) is 17.7. The monoisotopic (exact) mass is 428 g/mol. The molecule has 4 aromatic carbocycles. The Labute approximate surface area is 209 Å². The molecule has 5 rings (SSSR count). The van der Waals surface area contributed by atoms with Crippen molar-refractivity contribution in [1.82, 2.24) is 0 Å². The molecule has 160 valence electrons. The Morgan fingerprint density at radius 1 is 0.406 bits per heavy atom. The van der Waals surface area contributed by atoms with Crippen molar-refractivity contribution in [2.24, 2.45) is 0 Å². The van der Waals surface area contributed by atoms with Crippen LogP contribution in [-0.4, -0.2) is 0 Å². The Kier molecular flexibility index (Phi) is 2.71. The summed E-state index contributed by atoms with van der Waals surface area (Å²) in [5, 5.41) is 0. The second-order valence-corrected chi connectivity index (χ2v) is 8.62. The molecule has 1 saturated carbocycles. The molecule has 4 aromatic rings. The highest BCUT2D eigenvalue weighted by molar-refractivity contribution is 5.59.